The van der Waals surface area contributed by atoms with Crippen LogP contribution in [-0.4, -0.2) is 35.7 Å². The van der Waals surface area contributed by atoms with Crippen molar-refractivity contribution in [2.24, 2.45) is 0 Å². The van der Waals surface area contributed by atoms with Crippen molar-refractivity contribution >= 4 is 56.5 Å². The second kappa shape index (κ2) is 11.7. The third-order valence-electron chi connectivity index (χ3n) is 5.90. The fourth-order valence-electron chi connectivity index (χ4n) is 3.70. The normalized spacial score (nSPS) is 14.3. The number of benzene rings is 3. The molecule has 3 amide bonds. The van der Waals surface area contributed by atoms with Crippen LogP contribution in [0.5, 0.6) is 11.5 Å². The van der Waals surface area contributed by atoms with E-state index < -0.39 is 0 Å². The van der Waals surface area contributed by atoms with Crippen LogP contribution in [0.3, 0.4) is 0 Å². The van der Waals surface area contributed by atoms with Crippen molar-refractivity contribution < 1.29 is 23.9 Å². The SMILES string of the molecule is COc1cc(/C=C2\SC(=O)N(Cc3ccccc3)C2=O)ccc1OCC(=O)Nc1ccc(Br)c(C)c1C. The van der Waals surface area contributed by atoms with E-state index in [-0.39, 0.29) is 30.2 Å². The van der Waals surface area contributed by atoms with E-state index in [1.54, 1.807) is 24.3 Å². The second-order valence-corrected chi connectivity index (χ2v) is 10.2. The van der Waals surface area contributed by atoms with Gasteiger partial charge in [-0.25, -0.2) is 0 Å². The number of hydrogen-bond acceptors (Lipinski definition) is 6. The Balaban J connectivity index is 1.42. The molecular weight excluding hydrogens is 556 g/mol. The van der Waals surface area contributed by atoms with Gasteiger partial charge in [-0.15, -0.1) is 0 Å². The first-order valence-corrected chi connectivity index (χ1v) is 13.0. The largest absolute Gasteiger partial charge is 0.493 e. The number of carbonyl (C=O) groups excluding carboxylic acids is 3. The predicted octanol–water partition coefficient (Wildman–Crippen LogP) is 6.33. The maximum atomic E-state index is 12.9. The Hall–Kier alpha value is -3.56. The van der Waals surface area contributed by atoms with Gasteiger partial charge < -0.3 is 14.8 Å². The average Bonchev–Trinajstić information content (AvgIpc) is 3.16. The van der Waals surface area contributed by atoms with Crippen LogP contribution < -0.4 is 14.8 Å². The summed E-state index contributed by atoms with van der Waals surface area (Å²) in [5.74, 6) is 0.146. The number of nitrogens with one attached hydrogen (secondary N) is 1. The van der Waals surface area contributed by atoms with Gasteiger partial charge in [-0.3, -0.25) is 19.3 Å². The molecule has 0 atom stereocenters. The highest BCUT2D eigenvalue weighted by molar-refractivity contribution is 9.10. The van der Waals surface area contributed by atoms with Crippen molar-refractivity contribution in [3.8, 4) is 11.5 Å². The van der Waals surface area contributed by atoms with Gasteiger partial charge in [0.25, 0.3) is 17.1 Å². The molecule has 37 heavy (non-hydrogen) atoms. The average molecular weight is 581 g/mol. The number of methoxy groups -OCH3 is 1. The molecule has 1 saturated heterocycles. The zero-order valence-corrected chi connectivity index (χ0v) is 22.9. The number of nitrogens with zero attached hydrogens (tertiary/aromatic N) is 1. The Bertz CT molecular complexity index is 1390. The van der Waals surface area contributed by atoms with Crippen molar-refractivity contribution in [1.82, 2.24) is 4.90 Å². The molecule has 0 spiro atoms. The topological polar surface area (TPSA) is 84.9 Å². The third-order valence-corrected chi connectivity index (χ3v) is 7.66. The van der Waals surface area contributed by atoms with Gasteiger partial charge in [0.2, 0.25) is 0 Å². The number of ether oxygens (including phenoxy) is 2. The van der Waals surface area contributed by atoms with Crippen LogP contribution in [0.2, 0.25) is 0 Å². The molecule has 1 aliphatic heterocycles. The summed E-state index contributed by atoms with van der Waals surface area (Å²) in [6.45, 7) is 3.93. The summed E-state index contributed by atoms with van der Waals surface area (Å²) in [4.78, 5) is 39.3. The molecular formula is C28H25BrN2O5S. The summed E-state index contributed by atoms with van der Waals surface area (Å²) in [5, 5.41) is 2.55. The van der Waals surface area contributed by atoms with Crippen LogP contribution in [-0.2, 0) is 16.1 Å². The van der Waals surface area contributed by atoms with E-state index in [1.165, 1.54) is 12.0 Å². The molecule has 1 aliphatic rings. The highest BCUT2D eigenvalue weighted by Gasteiger charge is 2.35. The summed E-state index contributed by atoms with van der Waals surface area (Å²) in [6.07, 6.45) is 1.65. The number of thioether (sulfide) groups is 1. The van der Waals surface area contributed by atoms with Gasteiger partial charge in [-0.1, -0.05) is 52.3 Å². The minimum Gasteiger partial charge on any atom is -0.493 e. The molecule has 1 heterocycles. The number of amides is 3. The molecule has 0 aromatic heterocycles. The monoisotopic (exact) mass is 580 g/mol. The molecule has 0 unspecified atom stereocenters. The van der Waals surface area contributed by atoms with Gasteiger partial charge in [0, 0.05) is 10.2 Å². The highest BCUT2D eigenvalue weighted by atomic mass is 79.9. The highest BCUT2D eigenvalue weighted by Crippen LogP contribution is 2.35. The van der Waals surface area contributed by atoms with Gasteiger partial charge in [0.05, 0.1) is 18.6 Å². The van der Waals surface area contributed by atoms with Crippen LogP contribution in [0.4, 0.5) is 10.5 Å². The van der Waals surface area contributed by atoms with Crippen molar-refractivity contribution in [3.05, 3.63) is 92.3 Å². The molecule has 1 fully saturated rings. The molecule has 0 radical (unpaired) electrons. The van der Waals surface area contributed by atoms with Crippen LogP contribution >= 0.6 is 27.7 Å². The van der Waals surface area contributed by atoms with Crippen molar-refractivity contribution in [3.63, 3.8) is 0 Å². The summed E-state index contributed by atoms with van der Waals surface area (Å²) in [5.41, 5.74) is 4.29. The van der Waals surface area contributed by atoms with E-state index in [2.05, 4.69) is 21.2 Å². The van der Waals surface area contributed by atoms with Gasteiger partial charge in [0.15, 0.2) is 18.1 Å². The Kier molecular flexibility index (Phi) is 8.35. The van der Waals surface area contributed by atoms with Crippen molar-refractivity contribution in [2.75, 3.05) is 19.0 Å². The number of hydrogen-bond donors (Lipinski definition) is 1. The number of anilines is 1. The smallest absolute Gasteiger partial charge is 0.293 e. The van der Waals surface area contributed by atoms with Crippen molar-refractivity contribution in [1.29, 1.82) is 0 Å². The Labute approximate surface area is 228 Å². The Morgan fingerprint density at radius 1 is 1.03 bits per heavy atom. The molecule has 190 valence electrons. The van der Waals surface area contributed by atoms with Gasteiger partial charge in [-0.2, -0.15) is 0 Å². The molecule has 0 aliphatic carbocycles. The number of carbonyl (C=O) groups is 3. The maximum Gasteiger partial charge on any atom is 0.293 e. The summed E-state index contributed by atoms with van der Waals surface area (Å²) in [7, 11) is 1.49. The van der Waals surface area contributed by atoms with Crippen LogP contribution in [0, 0.1) is 13.8 Å². The quantitative estimate of drug-likeness (QED) is 0.313. The van der Waals surface area contributed by atoms with Gasteiger partial charge >= 0.3 is 0 Å². The Morgan fingerprint density at radius 2 is 1.78 bits per heavy atom. The fourth-order valence-corrected chi connectivity index (χ4v) is 4.97. The summed E-state index contributed by atoms with van der Waals surface area (Å²) >= 11 is 4.39. The lowest BCUT2D eigenvalue weighted by Gasteiger charge is -2.14. The number of rotatable bonds is 8. The lowest BCUT2D eigenvalue weighted by molar-refractivity contribution is -0.123. The molecule has 0 saturated carbocycles. The molecule has 7 nitrogen and oxygen atoms in total. The third kappa shape index (κ3) is 6.23. The fraction of sp³-hybridized carbons (Fsp3) is 0.179. The van der Waals surface area contributed by atoms with Crippen LogP contribution in [0.15, 0.2) is 70.0 Å². The zero-order valence-electron chi connectivity index (χ0n) is 20.5. The molecule has 3 aromatic carbocycles. The van der Waals surface area contributed by atoms with E-state index >= 15 is 0 Å². The minimum absolute atomic E-state index is 0.206. The number of imide groups is 1. The second-order valence-electron chi connectivity index (χ2n) is 8.35. The molecule has 4 rings (SSSR count). The van der Waals surface area contributed by atoms with Crippen LogP contribution in [0.25, 0.3) is 6.08 Å². The zero-order chi connectivity index (χ0) is 26.5. The first kappa shape index (κ1) is 26.5. The Morgan fingerprint density at radius 3 is 2.51 bits per heavy atom. The van der Waals surface area contributed by atoms with Gasteiger partial charge in [-0.05, 0) is 78.2 Å². The minimum atomic E-state index is -0.340. The number of halogens is 1. The van der Waals surface area contributed by atoms with E-state index in [9.17, 15) is 14.4 Å². The summed E-state index contributed by atoms with van der Waals surface area (Å²) in [6, 6.07) is 18.2. The first-order valence-electron chi connectivity index (χ1n) is 11.4. The predicted molar refractivity (Wildman–Crippen MR) is 149 cm³/mol. The van der Waals surface area contributed by atoms with E-state index in [1.807, 2.05) is 56.3 Å². The first-order chi connectivity index (χ1) is 17.8. The van der Waals surface area contributed by atoms with E-state index in [4.69, 9.17) is 9.47 Å². The van der Waals surface area contributed by atoms with E-state index in [0.29, 0.717) is 22.0 Å². The standard InChI is InChI=1S/C28H25BrN2O5S/c1-17-18(2)22(11-10-21(17)29)30-26(32)16-36-23-12-9-20(13-24(23)35-3)14-25-27(33)31(28(34)37-25)15-19-7-5-4-6-8-19/h4-14H,15-16H2,1-3H3,(H,30,32)/b25-14-. The lowest BCUT2D eigenvalue weighted by Crippen LogP contribution is -2.27. The van der Waals surface area contributed by atoms with Crippen LogP contribution in [0.1, 0.15) is 22.3 Å². The molecule has 3 aromatic rings. The van der Waals surface area contributed by atoms with Crippen molar-refractivity contribution in [2.45, 2.75) is 20.4 Å². The van der Waals surface area contributed by atoms with Gasteiger partial charge in [0.1, 0.15) is 0 Å². The summed E-state index contributed by atoms with van der Waals surface area (Å²) < 4.78 is 12.1. The molecule has 1 N–H and O–H groups in total. The maximum absolute atomic E-state index is 12.9. The molecule has 0 bridgehead atoms. The molecule has 9 heteroatoms. The lowest BCUT2D eigenvalue weighted by atomic mass is 10.1. The van der Waals surface area contributed by atoms with E-state index in [0.717, 1.165) is 38.6 Å².